The molecule has 18 heavy (non-hydrogen) atoms. The molecule has 1 heterocycles. The Morgan fingerprint density at radius 2 is 1.89 bits per heavy atom. The van der Waals surface area contributed by atoms with E-state index in [1.54, 1.807) is 0 Å². The normalized spacial score (nSPS) is 22.2. The number of rotatable bonds is 5. The van der Waals surface area contributed by atoms with Crippen LogP contribution >= 0.6 is 0 Å². The Balaban J connectivity index is 1.68. The molecule has 1 saturated heterocycles. The van der Waals surface area contributed by atoms with Crippen LogP contribution < -0.4 is 10.6 Å². The largest absolute Gasteiger partial charge is 0.480 e. The van der Waals surface area contributed by atoms with E-state index < -0.39 is 12.0 Å². The molecule has 6 nitrogen and oxygen atoms in total. The molecule has 2 aliphatic rings. The highest BCUT2D eigenvalue weighted by Crippen LogP contribution is 2.32. The van der Waals surface area contributed by atoms with E-state index in [4.69, 9.17) is 9.84 Å². The third-order valence-corrected chi connectivity index (χ3v) is 3.54. The van der Waals surface area contributed by atoms with Crippen molar-refractivity contribution < 1.29 is 19.4 Å². The van der Waals surface area contributed by atoms with Gasteiger partial charge in [-0.1, -0.05) is 0 Å². The maximum absolute atomic E-state index is 11.6. The van der Waals surface area contributed by atoms with Gasteiger partial charge < -0.3 is 20.5 Å². The zero-order chi connectivity index (χ0) is 13.0. The van der Waals surface area contributed by atoms with Gasteiger partial charge in [-0.15, -0.1) is 0 Å². The van der Waals surface area contributed by atoms with Crippen LogP contribution in [0.1, 0.15) is 25.7 Å². The highest BCUT2D eigenvalue weighted by molar-refractivity contribution is 5.83. The first-order valence-corrected chi connectivity index (χ1v) is 6.51. The topological polar surface area (TPSA) is 87.7 Å². The van der Waals surface area contributed by atoms with Gasteiger partial charge in [0.05, 0.1) is 0 Å². The molecule has 0 bridgehead atoms. The predicted molar refractivity (Wildman–Crippen MR) is 64.2 cm³/mol. The molecule has 1 unspecified atom stereocenters. The summed E-state index contributed by atoms with van der Waals surface area (Å²) in [6, 6.07) is -1.11. The smallest absolute Gasteiger partial charge is 0.326 e. The first kappa shape index (κ1) is 13.1. The monoisotopic (exact) mass is 256 g/mol. The molecule has 2 fully saturated rings. The Bertz CT molecular complexity index is 311. The SMILES string of the molecule is O=C(NCC1CCOCC1)NC(C(=O)O)C1CC1. The van der Waals surface area contributed by atoms with Crippen molar-refractivity contribution in [3.8, 4) is 0 Å². The van der Waals surface area contributed by atoms with Crippen LogP contribution in [0.15, 0.2) is 0 Å². The van der Waals surface area contributed by atoms with E-state index >= 15 is 0 Å². The molecule has 1 atom stereocenters. The molecule has 1 saturated carbocycles. The van der Waals surface area contributed by atoms with Crippen molar-refractivity contribution in [2.24, 2.45) is 11.8 Å². The van der Waals surface area contributed by atoms with Crippen molar-refractivity contribution in [3.05, 3.63) is 0 Å². The highest BCUT2D eigenvalue weighted by atomic mass is 16.5. The summed E-state index contributed by atoms with van der Waals surface area (Å²) in [4.78, 5) is 22.6. The van der Waals surface area contributed by atoms with E-state index in [1.165, 1.54) is 0 Å². The number of hydrogen-bond acceptors (Lipinski definition) is 3. The summed E-state index contributed by atoms with van der Waals surface area (Å²) in [5.41, 5.74) is 0. The van der Waals surface area contributed by atoms with Crippen LogP contribution in [0.4, 0.5) is 4.79 Å². The lowest BCUT2D eigenvalue weighted by atomic mass is 10.0. The minimum atomic E-state index is -0.946. The van der Waals surface area contributed by atoms with Crippen molar-refractivity contribution in [1.82, 2.24) is 10.6 Å². The van der Waals surface area contributed by atoms with Crippen molar-refractivity contribution in [2.45, 2.75) is 31.7 Å². The van der Waals surface area contributed by atoms with Crippen LogP contribution in [0.2, 0.25) is 0 Å². The molecule has 0 aromatic rings. The van der Waals surface area contributed by atoms with Crippen LogP contribution in [-0.4, -0.2) is 42.9 Å². The van der Waals surface area contributed by atoms with Gasteiger partial charge in [0.25, 0.3) is 0 Å². The molecule has 0 aromatic carbocycles. The standard InChI is InChI=1S/C12H20N2O4/c15-11(16)10(9-1-2-9)14-12(17)13-7-8-3-5-18-6-4-8/h8-10H,1-7H2,(H,15,16)(H2,13,14,17). The van der Waals surface area contributed by atoms with Crippen molar-refractivity contribution >= 4 is 12.0 Å². The zero-order valence-corrected chi connectivity index (χ0v) is 10.4. The Labute approximate surface area is 106 Å². The first-order chi connectivity index (χ1) is 8.66. The summed E-state index contributed by atoms with van der Waals surface area (Å²) in [5.74, 6) is -0.399. The van der Waals surface area contributed by atoms with E-state index in [-0.39, 0.29) is 11.9 Å². The molecule has 1 aliphatic heterocycles. The van der Waals surface area contributed by atoms with Crippen LogP contribution in [-0.2, 0) is 9.53 Å². The number of carbonyl (C=O) groups excluding carboxylic acids is 1. The van der Waals surface area contributed by atoms with Gasteiger partial charge in [0.1, 0.15) is 6.04 Å². The third kappa shape index (κ3) is 3.87. The number of amides is 2. The van der Waals surface area contributed by atoms with E-state index in [0.29, 0.717) is 12.5 Å². The summed E-state index contributed by atoms with van der Waals surface area (Å²) < 4.78 is 5.24. The van der Waals surface area contributed by atoms with Gasteiger partial charge >= 0.3 is 12.0 Å². The molecule has 6 heteroatoms. The lowest BCUT2D eigenvalue weighted by Gasteiger charge is -2.22. The van der Waals surface area contributed by atoms with Crippen LogP contribution in [0, 0.1) is 11.8 Å². The molecular weight excluding hydrogens is 236 g/mol. The summed E-state index contributed by atoms with van der Waals surface area (Å²) in [5, 5.41) is 14.3. The Kier molecular flexibility index (Phi) is 4.41. The van der Waals surface area contributed by atoms with Gasteiger partial charge in [-0.3, -0.25) is 0 Å². The number of carbonyl (C=O) groups is 2. The van der Waals surface area contributed by atoms with Crippen LogP contribution in [0.5, 0.6) is 0 Å². The molecule has 0 spiro atoms. The molecule has 0 radical (unpaired) electrons. The Morgan fingerprint density at radius 1 is 1.22 bits per heavy atom. The second kappa shape index (κ2) is 6.04. The summed E-state index contributed by atoms with van der Waals surface area (Å²) >= 11 is 0. The number of hydrogen-bond donors (Lipinski definition) is 3. The lowest BCUT2D eigenvalue weighted by molar-refractivity contribution is -0.139. The second-order valence-corrected chi connectivity index (χ2v) is 5.06. The quantitative estimate of drug-likeness (QED) is 0.671. The van der Waals surface area contributed by atoms with E-state index in [1.807, 2.05) is 0 Å². The number of carboxylic acids is 1. The molecule has 0 aromatic heterocycles. The average molecular weight is 256 g/mol. The van der Waals surface area contributed by atoms with Crippen molar-refractivity contribution in [1.29, 1.82) is 0 Å². The van der Waals surface area contributed by atoms with Crippen molar-refractivity contribution in [3.63, 3.8) is 0 Å². The molecule has 3 N–H and O–H groups in total. The average Bonchev–Trinajstić information content (AvgIpc) is 3.18. The zero-order valence-electron chi connectivity index (χ0n) is 10.4. The fourth-order valence-corrected chi connectivity index (χ4v) is 2.19. The van der Waals surface area contributed by atoms with Gasteiger partial charge in [-0.05, 0) is 37.5 Å². The lowest BCUT2D eigenvalue weighted by Crippen LogP contribution is -2.48. The first-order valence-electron chi connectivity index (χ1n) is 6.51. The minimum absolute atomic E-state index is 0.108. The van der Waals surface area contributed by atoms with Gasteiger partial charge in [0.2, 0.25) is 0 Å². The Hall–Kier alpha value is -1.30. The molecule has 1 aliphatic carbocycles. The second-order valence-electron chi connectivity index (χ2n) is 5.06. The van der Waals surface area contributed by atoms with Crippen LogP contribution in [0.3, 0.4) is 0 Å². The maximum Gasteiger partial charge on any atom is 0.326 e. The fourth-order valence-electron chi connectivity index (χ4n) is 2.19. The number of urea groups is 1. The van der Waals surface area contributed by atoms with Gasteiger partial charge in [-0.2, -0.15) is 0 Å². The number of aliphatic carboxylic acids is 1. The third-order valence-electron chi connectivity index (χ3n) is 3.54. The number of carboxylic acid groups (broad SMARTS) is 1. The summed E-state index contributed by atoms with van der Waals surface area (Å²) in [6.45, 7) is 2.08. The summed E-state index contributed by atoms with van der Waals surface area (Å²) in [6.07, 6.45) is 3.67. The number of ether oxygens (including phenoxy) is 1. The number of nitrogens with one attached hydrogen (secondary N) is 2. The van der Waals surface area contributed by atoms with Gasteiger partial charge in [-0.25, -0.2) is 9.59 Å². The fraction of sp³-hybridized carbons (Fsp3) is 0.833. The van der Waals surface area contributed by atoms with Gasteiger partial charge in [0.15, 0.2) is 0 Å². The van der Waals surface area contributed by atoms with Crippen molar-refractivity contribution in [2.75, 3.05) is 19.8 Å². The molecule has 2 amide bonds. The summed E-state index contributed by atoms with van der Waals surface area (Å²) in [7, 11) is 0. The van der Waals surface area contributed by atoms with E-state index in [2.05, 4.69) is 10.6 Å². The highest BCUT2D eigenvalue weighted by Gasteiger charge is 2.37. The maximum atomic E-state index is 11.6. The molecule has 102 valence electrons. The van der Waals surface area contributed by atoms with Crippen LogP contribution in [0.25, 0.3) is 0 Å². The van der Waals surface area contributed by atoms with E-state index in [9.17, 15) is 9.59 Å². The Morgan fingerprint density at radius 3 is 2.44 bits per heavy atom. The minimum Gasteiger partial charge on any atom is -0.480 e. The van der Waals surface area contributed by atoms with E-state index in [0.717, 1.165) is 38.9 Å². The van der Waals surface area contributed by atoms with Gasteiger partial charge in [0, 0.05) is 19.8 Å². The molecular formula is C12H20N2O4. The molecule has 2 rings (SSSR count). The predicted octanol–water partition coefficient (Wildman–Crippen LogP) is 0.575.